The summed E-state index contributed by atoms with van der Waals surface area (Å²) in [6.45, 7) is 2.11. The lowest BCUT2D eigenvalue weighted by atomic mass is 10.0. The van der Waals surface area contributed by atoms with E-state index >= 15 is 0 Å². The van der Waals surface area contributed by atoms with Crippen molar-refractivity contribution in [2.75, 3.05) is 19.7 Å². The molecule has 0 atom stereocenters. The first-order valence-electron chi connectivity index (χ1n) is 10.9. The number of rotatable bonds is 7. The van der Waals surface area contributed by atoms with Crippen LogP contribution in [0.4, 0.5) is 13.2 Å². The van der Waals surface area contributed by atoms with Crippen molar-refractivity contribution in [1.82, 2.24) is 20.0 Å². The molecule has 0 radical (unpaired) electrons. The van der Waals surface area contributed by atoms with Crippen LogP contribution in [0.2, 0.25) is 5.02 Å². The standard InChI is InChI=1S/C24H24ClF3N4O2/c25-19-8-4-5-9-20(19)32-23(14-21(30-32)24(26,27)28)34-16-22(33)29-18-10-12-31(13-11-18)15-17-6-2-1-3-7-17/h1-9,14,18H,10-13,15-16H2,(H,29,33). The second-order valence-electron chi connectivity index (χ2n) is 8.12. The number of nitrogens with zero attached hydrogens (tertiary/aromatic N) is 3. The van der Waals surface area contributed by atoms with Crippen LogP contribution < -0.4 is 10.1 Å². The number of alkyl halides is 3. The maximum absolute atomic E-state index is 13.2. The Bertz CT molecular complexity index is 1110. The summed E-state index contributed by atoms with van der Waals surface area (Å²) in [4.78, 5) is 14.8. The van der Waals surface area contributed by atoms with Gasteiger partial charge in [0.25, 0.3) is 5.91 Å². The van der Waals surface area contributed by atoms with E-state index in [0.717, 1.165) is 43.2 Å². The minimum atomic E-state index is -4.67. The average molecular weight is 493 g/mol. The van der Waals surface area contributed by atoms with E-state index < -0.39 is 24.4 Å². The molecule has 3 aromatic rings. The lowest BCUT2D eigenvalue weighted by Gasteiger charge is -2.32. The van der Waals surface area contributed by atoms with Crippen LogP contribution in [0.15, 0.2) is 60.7 Å². The molecule has 1 N–H and O–H groups in total. The van der Waals surface area contributed by atoms with Gasteiger partial charge >= 0.3 is 6.18 Å². The zero-order valence-electron chi connectivity index (χ0n) is 18.3. The van der Waals surface area contributed by atoms with Crippen molar-refractivity contribution in [3.05, 3.63) is 76.9 Å². The molecule has 2 heterocycles. The Hall–Kier alpha value is -3.04. The first kappa shape index (κ1) is 24.1. The number of hydrogen-bond donors (Lipinski definition) is 1. The van der Waals surface area contributed by atoms with Crippen molar-refractivity contribution in [3.8, 4) is 11.6 Å². The predicted molar refractivity (Wildman–Crippen MR) is 122 cm³/mol. The molecular weight excluding hydrogens is 469 g/mol. The van der Waals surface area contributed by atoms with Gasteiger partial charge in [-0.3, -0.25) is 9.69 Å². The number of benzene rings is 2. The third-order valence-corrected chi connectivity index (χ3v) is 5.92. The van der Waals surface area contributed by atoms with Crippen LogP contribution in [0.3, 0.4) is 0 Å². The molecule has 0 saturated carbocycles. The predicted octanol–water partition coefficient (Wildman–Crippen LogP) is 4.70. The molecule has 34 heavy (non-hydrogen) atoms. The highest BCUT2D eigenvalue weighted by molar-refractivity contribution is 6.32. The number of amides is 1. The van der Waals surface area contributed by atoms with E-state index in [1.807, 2.05) is 18.2 Å². The molecule has 0 unspecified atom stereocenters. The van der Waals surface area contributed by atoms with Crippen molar-refractivity contribution >= 4 is 17.5 Å². The second-order valence-corrected chi connectivity index (χ2v) is 8.53. The van der Waals surface area contributed by atoms with Gasteiger partial charge in [0.2, 0.25) is 5.88 Å². The minimum Gasteiger partial charge on any atom is -0.467 e. The number of hydrogen-bond acceptors (Lipinski definition) is 4. The highest BCUT2D eigenvalue weighted by atomic mass is 35.5. The Balaban J connectivity index is 1.33. The number of piperidine rings is 1. The molecular formula is C24H24ClF3N4O2. The quantitative estimate of drug-likeness (QED) is 0.519. The molecule has 1 saturated heterocycles. The third-order valence-electron chi connectivity index (χ3n) is 5.60. The van der Waals surface area contributed by atoms with Crippen LogP contribution in [-0.4, -0.2) is 46.3 Å². The first-order chi connectivity index (χ1) is 16.3. The molecule has 4 rings (SSSR count). The van der Waals surface area contributed by atoms with Gasteiger partial charge in [0.1, 0.15) is 0 Å². The highest BCUT2D eigenvalue weighted by Crippen LogP contribution is 2.33. The molecule has 1 aromatic heterocycles. The van der Waals surface area contributed by atoms with Crippen molar-refractivity contribution in [3.63, 3.8) is 0 Å². The molecule has 1 aliphatic heterocycles. The largest absolute Gasteiger partial charge is 0.467 e. The maximum atomic E-state index is 13.2. The van der Waals surface area contributed by atoms with Crippen molar-refractivity contribution < 1.29 is 22.7 Å². The number of nitrogens with one attached hydrogen (secondary N) is 1. The highest BCUT2D eigenvalue weighted by Gasteiger charge is 2.36. The SMILES string of the molecule is O=C(COc1cc(C(F)(F)F)nn1-c1ccccc1Cl)NC1CCN(Cc2ccccc2)CC1. The lowest BCUT2D eigenvalue weighted by molar-refractivity contribution is -0.141. The van der Waals surface area contributed by atoms with Crippen LogP contribution in [0.5, 0.6) is 5.88 Å². The van der Waals surface area contributed by atoms with Gasteiger partial charge in [-0.15, -0.1) is 0 Å². The van der Waals surface area contributed by atoms with E-state index in [4.69, 9.17) is 16.3 Å². The second kappa shape index (κ2) is 10.5. The fraction of sp³-hybridized carbons (Fsp3) is 0.333. The molecule has 0 spiro atoms. The van der Waals surface area contributed by atoms with Gasteiger partial charge < -0.3 is 10.1 Å². The monoisotopic (exact) mass is 492 g/mol. The summed E-state index contributed by atoms with van der Waals surface area (Å²) in [5.41, 5.74) is 0.334. The molecule has 1 amide bonds. The van der Waals surface area contributed by atoms with Crippen molar-refractivity contribution in [2.24, 2.45) is 0 Å². The Kier molecular flexibility index (Phi) is 7.43. The molecule has 6 nitrogen and oxygen atoms in total. The third kappa shape index (κ3) is 6.09. The summed E-state index contributed by atoms with van der Waals surface area (Å²) in [5, 5.41) is 6.71. The zero-order chi connectivity index (χ0) is 24.1. The van der Waals surface area contributed by atoms with Crippen molar-refractivity contribution in [1.29, 1.82) is 0 Å². The molecule has 0 bridgehead atoms. The average Bonchev–Trinajstić information content (AvgIpc) is 3.25. The van der Waals surface area contributed by atoms with Crippen LogP contribution >= 0.6 is 11.6 Å². The number of ether oxygens (including phenoxy) is 1. The molecule has 10 heteroatoms. The molecule has 2 aromatic carbocycles. The van der Waals surface area contributed by atoms with Crippen LogP contribution in [0.25, 0.3) is 5.69 Å². The topological polar surface area (TPSA) is 59.4 Å². The van der Waals surface area contributed by atoms with Crippen molar-refractivity contribution in [2.45, 2.75) is 31.6 Å². The first-order valence-corrected chi connectivity index (χ1v) is 11.3. The van der Waals surface area contributed by atoms with Crippen LogP contribution in [-0.2, 0) is 17.5 Å². The Morgan fingerprint density at radius 3 is 2.44 bits per heavy atom. The summed E-state index contributed by atoms with van der Waals surface area (Å²) in [6.07, 6.45) is -3.09. The maximum Gasteiger partial charge on any atom is 0.435 e. The summed E-state index contributed by atoms with van der Waals surface area (Å²) in [7, 11) is 0. The van der Waals surface area contributed by atoms with Gasteiger partial charge in [-0.1, -0.05) is 54.1 Å². The molecule has 0 aliphatic carbocycles. The lowest BCUT2D eigenvalue weighted by Crippen LogP contribution is -2.45. The van der Waals surface area contributed by atoms with E-state index in [-0.39, 0.29) is 22.6 Å². The fourth-order valence-electron chi connectivity index (χ4n) is 3.89. The minimum absolute atomic E-state index is 0.0117. The van der Waals surface area contributed by atoms with Gasteiger partial charge in [-0.25, -0.2) is 0 Å². The van der Waals surface area contributed by atoms with E-state index in [9.17, 15) is 18.0 Å². The van der Waals surface area contributed by atoms with E-state index in [1.165, 1.54) is 17.7 Å². The van der Waals surface area contributed by atoms with E-state index in [0.29, 0.717) is 0 Å². The summed E-state index contributed by atoms with van der Waals surface area (Å²) in [5.74, 6) is -0.616. The van der Waals surface area contributed by atoms with E-state index in [1.54, 1.807) is 12.1 Å². The Morgan fingerprint density at radius 1 is 1.09 bits per heavy atom. The number of aromatic nitrogens is 2. The molecule has 1 aliphatic rings. The number of carbonyl (C=O) groups excluding carboxylic acids is 1. The number of para-hydroxylation sites is 1. The van der Waals surface area contributed by atoms with Gasteiger partial charge in [0, 0.05) is 31.7 Å². The zero-order valence-corrected chi connectivity index (χ0v) is 19.0. The van der Waals surface area contributed by atoms with Gasteiger partial charge in [0.15, 0.2) is 12.3 Å². The van der Waals surface area contributed by atoms with Crippen LogP contribution in [0, 0.1) is 0 Å². The smallest absolute Gasteiger partial charge is 0.435 e. The number of likely N-dealkylation sites (tertiary alicyclic amines) is 1. The van der Waals surface area contributed by atoms with Gasteiger partial charge in [-0.2, -0.15) is 23.0 Å². The van der Waals surface area contributed by atoms with E-state index in [2.05, 4.69) is 27.4 Å². The normalized spacial score (nSPS) is 15.3. The summed E-state index contributed by atoms with van der Waals surface area (Å²) < 4.78 is 46.1. The van der Waals surface area contributed by atoms with Gasteiger partial charge in [-0.05, 0) is 30.5 Å². The summed E-state index contributed by atoms with van der Waals surface area (Å²) >= 11 is 6.13. The summed E-state index contributed by atoms with van der Waals surface area (Å²) in [6, 6.07) is 17.3. The Labute approximate surface area is 200 Å². The fourth-order valence-corrected chi connectivity index (χ4v) is 4.10. The number of carbonyl (C=O) groups is 1. The molecule has 1 fully saturated rings. The Morgan fingerprint density at radius 2 is 1.76 bits per heavy atom. The molecule has 180 valence electrons. The number of halogens is 4. The van der Waals surface area contributed by atoms with Gasteiger partial charge in [0.05, 0.1) is 10.7 Å². The van der Waals surface area contributed by atoms with Crippen LogP contribution in [0.1, 0.15) is 24.1 Å².